The number of rotatable bonds is 11. The Balaban J connectivity index is 1.67. The summed E-state index contributed by atoms with van der Waals surface area (Å²) in [6.45, 7) is 10.9. The number of methoxy groups -OCH3 is 2. The Bertz CT molecular complexity index is 730. The zero-order valence-corrected chi connectivity index (χ0v) is 21.1. The molecule has 3 rings (SSSR count). The minimum atomic E-state index is -1.06. The zero-order chi connectivity index (χ0) is 23.3. The predicted octanol–water partition coefficient (Wildman–Crippen LogP) is 6.36. The van der Waals surface area contributed by atoms with E-state index in [0.717, 1.165) is 63.3 Å². The van der Waals surface area contributed by atoms with E-state index in [0.29, 0.717) is 24.3 Å². The molecule has 1 aromatic carbocycles. The molecule has 32 heavy (non-hydrogen) atoms. The van der Waals surface area contributed by atoms with Crippen molar-refractivity contribution in [2.24, 2.45) is 11.8 Å². The van der Waals surface area contributed by atoms with E-state index in [1.54, 1.807) is 28.1 Å². The summed E-state index contributed by atoms with van der Waals surface area (Å²) in [5.41, 5.74) is 1.68. The van der Waals surface area contributed by atoms with Crippen LogP contribution in [-0.4, -0.2) is 50.6 Å². The third-order valence-electron chi connectivity index (χ3n) is 7.09. The van der Waals surface area contributed by atoms with Crippen molar-refractivity contribution in [3.8, 4) is 11.5 Å². The molecule has 0 aliphatic carbocycles. The molecular weight excluding hydrogens is 405 g/mol. The van der Waals surface area contributed by atoms with Gasteiger partial charge in [-0.1, -0.05) is 26.7 Å². The zero-order valence-electron chi connectivity index (χ0n) is 21.1. The van der Waals surface area contributed by atoms with Gasteiger partial charge in [0.15, 0.2) is 11.5 Å². The first-order valence-corrected chi connectivity index (χ1v) is 12.5. The fraction of sp³-hybridized carbons (Fsp3) is 0.778. The van der Waals surface area contributed by atoms with Crippen LogP contribution in [0.15, 0.2) is 12.1 Å². The highest BCUT2D eigenvalue weighted by Gasteiger charge is 2.40. The molecule has 0 bridgehead atoms. The fourth-order valence-corrected chi connectivity index (χ4v) is 5.50. The van der Waals surface area contributed by atoms with Gasteiger partial charge in [0.1, 0.15) is 5.67 Å². The topological polar surface area (TPSA) is 30.9 Å². The average Bonchev–Trinajstić information content (AvgIpc) is 2.74. The first-order chi connectivity index (χ1) is 15.2. The lowest BCUT2D eigenvalue weighted by molar-refractivity contribution is -0.0648. The van der Waals surface area contributed by atoms with E-state index in [4.69, 9.17) is 14.2 Å². The number of hydrogen-bond donors (Lipinski definition) is 0. The number of piperidine rings is 1. The molecule has 2 heterocycles. The van der Waals surface area contributed by atoms with Crippen LogP contribution >= 0.6 is 0 Å². The molecule has 0 spiro atoms. The molecule has 3 atom stereocenters. The lowest BCUT2D eigenvalue weighted by atomic mass is 9.79. The smallest absolute Gasteiger partial charge is 0.161 e. The van der Waals surface area contributed by atoms with Crippen molar-refractivity contribution in [1.29, 1.82) is 0 Å². The Morgan fingerprint density at radius 3 is 2.47 bits per heavy atom. The van der Waals surface area contributed by atoms with Crippen LogP contribution in [-0.2, 0) is 11.2 Å². The standard InChI is InChI=1S/C27H44FNO3/c1-19(2)14-21-18-29-12-10-20-15-25(30-5)26(31-6)16-22(20)23(29)17-24(21)32-13-9-7-8-11-27(3,4)28/h15-16,19,21,23-24H,7-14,17-18H2,1-6H3/t21-,23-,24-/m1/s1/i28+0. The van der Waals surface area contributed by atoms with Crippen LogP contribution in [0.5, 0.6) is 11.5 Å². The third kappa shape index (κ3) is 6.60. The maximum atomic E-state index is 13.7. The number of benzene rings is 1. The van der Waals surface area contributed by atoms with Gasteiger partial charge < -0.3 is 14.2 Å². The van der Waals surface area contributed by atoms with Crippen molar-refractivity contribution in [3.05, 3.63) is 23.3 Å². The van der Waals surface area contributed by atoms with Gasteiger partial charge in [0.05, 0.1) is 20.3 Å². The first kappa shape index (κ1) is 25.3. The minimum Gasteiger partial charge on any atom is -0.493 e. The second-order valence-corrected chi connectivity index (χ2v) is 10.7. The van der Waals surface area contributed by atoms with Crippen molar-refractivity contribution in [2.45, 2.75) is 90.5 Å². The van der Waals surface area contributed by atoms with E-state index >= 15 is 0 Å². The number of nitrogens with zero attached hydrogens (tertiary/aromatic N) is 1. The van der Waals surface area contributed by atoms with E-state index in [1.807, 2.05) is 0 Å². The highest BCUT2D eigenvalue weighted by Crippen LogP contribution is 2.44. The summed E-state index contributed by atoms with van der Waals surface area (Å²) in [6, 6.07) is 4.72. The summed E-state index contributed by atoms with van der Waals surface area (Å²) in [6.07, 6.45) is 7.15. The molecule has 1 saturated heterocycles. The molecule has 5 heteroatoms. The SMILES string of the molecule is COc1cc2c(cc1OC)[C@H]1C[C@@H](OCCCCCC(C)(C)[19F])[C@H](CC(C)C)CN1CC2. The van der Waals surface area contributed by atoms with Gasteiger partial charge in [-0.05, 0) is 81.0 Å². The maximum Gasteiger partial charge on any atom is 0.161 e. The minimum absolute atomic E-state index is 0.273. The Kier molecular flexibility index (Phi) is 8.85. The van der Waals surface area contributed by atoms with E-state index in [1.165, 1.54) is 17.5 Å². The van der Waals surface area contributed by atoms with E-state index in [9.17, 15) is 4.39 Å². The van der Waals surface area contributed by atoms with Crippen molar-refractivity contribution in [3.63, 3.8) is 0 Å². The molecule has 1 fully saturated rings. The maximum absolute atomic E-state index is 13.7. The van der Waals surface area contributed by atoms with Crippen LogP contribution in [0.2, 0.25) is 0 Å². The molecule has 1 aromatic rings. The van der Waals surface area contributed by atoms with Crippen LogP contribution in [0.1, 0.15) is 83.4 Å². The second kappa shape index (κ2) is 11.2. The van der Waals surface area contributed by atoms with Crippen LogP contribution in [0.3, 0.4) is 0 Å². The van der Waals surface area contributed by atoms with E-state index in [-0.39, 0.29) is 6.10 Å². The van der Waals surface area contributed by atoms with E-state index < -0.39 is 5.67 Å². The van der Waals surface area contributed by atoms with Crippen molar-refractivity contribution < 1.29 is 18.6 Å². The Labute approximate surface area is 194 Å². The largest absolute Gasteiger partial charge is 0.493 e. The Morgan fingerprint density at radius 2 is 1.81 bits per heavy atom. The summed E-state index contributed by atoms with van der Waals surface area (Å²) in [7, 11) is 3.41. The molecular formula is C27H44FNO3. The monoisotopic (exact) mass is 449 g/mol. The predicted molar refractivity (Wildman–Crippen MR) is 129 cm³/mol. The molecule has 0 aromatic heterocycles. The number of hydrogen-bond acceptors (Lipinski definition) is 4. The summed E-state index contributed by atoms with van der Waals surface area (Å²) < 4.78 is 31.4. The number of fused-ring (bicyclic) bond motifs is 3. The molecule has 2 aliphatic rings. The Hall–Kier alpha value is -1.33. The highest BCUT2D eigenvalue weighted by molar-refractivity contribution is 5.49. The normalized spacial score (nSPS) is 23.7. The lowest BCUT2D eigenvalue weighted by Gasteiger charge is -2.47. The van der Waals surface area contributed by atoms with Gasteiger partial charge in [-0.3, -0.25) is 4.90 Å². The van der Waals surface area contributed by atoms with Gasteiger partial charge in [-0.25, -0.2) is 4.39 Å². The van der Waals surface area contributed by atoms with Crippen molar-refractivity contribution in [1.82, 2.24) is 4.90 Å². The van der Waals surface area contributed by atoms with Crippen LogP contribution in [0, 0.1) is 11.8 Å². The molecule has 0 saturated carbocycles. The van der Waals surface area contributed by atoms with Gasteiger partial charge in [0.2, 0.25) is 0 Å². The second-order valence-electron chi connectivity index (χ2n) is 10.7. The average molecular weight is 450 g/mol. The van der Waals surface area contributed by atoms with Gasteiger partial charge in [0, 0.05) is 25.7 Å². The van der Waals surface area contributed by atoms with Crippen LogP contribution in [0.4, 0.5) is 4.39 Å². The van der Waals surface area contributed by atoms with Crippen molar-refractivity contribution in [2.75, 3.05) is 33.9 Å². The van der Waals surface area contributed by atoms with Crippen LogP contribution < -0.4 is 9.47 Å². The molecule has 182 valence electrons. The lowest BCUT2D eigenvalue weighted by Crippen LogP contribution is -2.49. The molecule has 0 radical (unpaired) electrons. The molecule has 0 unspecified atom stereocenters. The molecule has 0 N–H and O–H groups in total. The van der Waals surface area contributed by atoms with Crippen LogP contribution in [0.25, 0.3) is 0 Å². The number of alkyl halides is 1. The Morgan fingerprint density at radius 1 is 1.09 bits per heavy atom. The first-order valence-electron chi connectivity index (χ1n) is 12.5. The van der Waals surface area contributed by atoms with Gasteiger partial charge in [-0.15, -0.1) is 0 Å². The fourth-order valence-electron chi connectivity index (χ4n) is 5.50. The third-order valence-corrected chi connectivity index (χ3v) is 7.09. The van der Waals surface area contributed by atoms with E-state index in [2.05, 4.69) is 30.9 Å². The molecule has 4 nitrogen and oxygen atoms in total. The van der Waals surface area contributed by atoms with Gasteiger partial charge in [-0.2, -0.15) is 0 Å². The number of halogens is 1. The van der Waals surface area contributed by atoms with Gasteiger partial charge in [0.25, 0.3) is 0 Å². The summed E-state index contributed by atoms with van der Waals surface area (Å²) in [5, 5.41) is 0. The molecule has 2 aliphatic heterocycles. The quantitative estimate of drug-likeness (QED) is 0.368. The van der Waals surface area contributed by atoms with Crippen molar-refractivity contribution >= 4 is 0 Å². The van der Waals surface area contributed by atoms with Gasteiger partial charge >= 0.3 is 0 Å². The number of ether oxygens (including phenoxy) is 3. The summed E-state index contributed by atoms with van der Waals surface area (Å²) in [4.78, 5) is 2.66. The highest BCUT2D eigenvalue weighted by atomic mass is 19.1. The number of unbranched alkanes of at least 4 members (excludes halogenated alkanes) is 2. The summed E-state index contributed by atoms with van der Waals surface area (Å²) >= 11 is 0. The summed E-state index contributed by atoms with van der Waals surface area (Å²) in [5.74, 6) is 2.86. The molecule has 0 amide bonds.